The second-order valence-corrected chi connectivity index (χ2v) is 4.53. The molecule has 0 heterocycles. The van der Waals surface area contributed by atoms with Crippen molar-refractivity contribution in [3.05, 3.63) is 28.8 Å². The van der Waals surface area contributed by atoms with Crippen LogP contribution in [0.4, 0.5) is 0 Å². The van der Waals surface area contributed by atoms with Crippen molar-refractivity contribution < 1.29 is 4.74 Å². The first kappa shape index (κ1) is 11.4. The number of thioether (sulfide) groups is 1. The SMILES string of the molecule is CSCCOc1cc(C)cc(C)c1C. The summed E-state index contributed by atoms with van der Waals surface area (Å²) in [5.41, 5.74) is 3.84. The van der Waals surface area contributed by atoms with Gasteiger partial charge in [-0.05, 0) is 49.8 Å². The highest BCUT2D eigenvalue weighted by molar-refractivity contribution is 7.98. The van der Waals surface area contributed by atoms with Gasteiger partial charge in [-0.3, -0.25) is 0 Å². The van der Waals surface area contributed by atoms with Crippen molar-refractivity contribution in [3.63, 3.8) is 0 Å². The number of benzene rings is 1. The number of aryl methyl sites for hydroxylation is 2. The Kier molecular flexibility index (Phi) is 4.33. The van der Waals surface area contributed by atoms with E-state index >= 15 is 0 Å². The van der Waals surface area contributed by atoms with Crippen LogP contribution in [0.5, 0.6) is 5.75 Å². The van der Waals surface area contributed by atoms with Crippen LogP contribution in [0.2, 0.25) is 0 Å². The molecule has 0 spiro atoms. The molecule has 0 atom stereocenters. The van der Waals surface area contributed by atoms with E-state index in [-0.39, 0.29) is 0 Å². The molecule has 0 aliphatic heterocycles. The van der Waals surface area contributed by atoms with Gasteiger partial charge in [0.25, 0.3) is 0 Å². The lowest BCUT2D eigenvalue weighted by molar-refractivity contribution is 0.341. The predicted molar refractivity (Wildman–Crippen MR) is 64.5 cm³/mol. The average Bonchev–Trinajstić information content (AvgIpc) is 2.13. The van der Waals surface area contributed by atoms with E-state index in [1.807, 2.05) is 11.8 Å². The van der Waals surface area contributed by atoms with Crippen molar-refractivity contribution in [1.82, 2.24) is 0 Å². The van der Waals surface area contributed by atoms with E-state index in [4.69, 9.17) is 4.74 Å². The highest BCUT2D eigenvalue weighted by Crippen LogP contribution is 2.23. The van der Waals surface area contributed by atoms with Crippen molar-refractivity contribution in [1.29, 1.82) is 0 Å². The molecule has 1 aromatic rings. The maximum Gasteiger partial charge on any atom is 0.122 e. The maximum atomic E-state index is 5.72. The zero-order valence-corrected chi connectivity index (χ0v) is 10.2. The third-order valence-corrected chi connectivity index (χ3v) is 2.88. The zero-order chi connectivity index (χ0) is 10.6. The van der Waals surface area contributed by atoms with Crippen molar-refractivity contribution in [2.24, 2.45) is 0 Å². The molecule has 0 aromatic heterocycles. The van der Waals surface area contributed by atoms with Gasteiger partial charge in [0, 0.05) is 5.75 Å². The van der Waals surface area contributed by atoms with E-state index in [2.05, 4.69) is 39.2 Å². The van der Waals surface area contributed by atoms with Crippen LogP contribution in [0.1, 0.15) is 16.7 Å². The molecule has 2 heteroatoms. The Labute approximate surface area is 90.9 Å². The fourth-order valence-electron chi connectivity index (χ4n) is 1.39. The minimum absolute atomic E-state index is 0.797. The first-order chi connectivity index (χ1) is 6.65. The molecule has 0 unspecified atom stereocenters. The summed E-state index contributed by atoms with van der Waals surface area (Å²) in [6, 6.07) is 4.30. The average molecular weight is 210 g/mol. The summed E-state index contributed by atoms with van der Waals surface area (Å²) in [5.74, 6) is 2.09. The Morgan fingerprint density at radius 2 is 1.93 bits per heavy atom. The summed E-state index contributed by atoms with van der Waals surface area (Å²) in [6.45, 7) is 7.14. The van der Waals surface area contributed by atoms with Crippen LogP contribution in [0.3, 0.4) is 0 Å². The molecule has 0 radical (unpaired) electrons. The Bertz CT molecular complexity index is 307. The van der Waals surface area contributed by atoms with Crippen LogP contribution in [0.15, 0.2) is 12.1 Å². The molecule has 0 fully saturated rings. The molecule has 1 rings (SSSR count). The Morgan fingerprint density at radius 1 is 1.21 bits per heavy atom. The van der Waals surface area contributed by atoms with Crippen LogP contribution >= 0.6 is 11.8 Å². The van der Waals surface area contributed by atoms with Gasteiger partial charge in [0.2, 0.25) is 0 Å². The number of hydrogen-bond donors (Lipinski definition) is 0. The lowest BCUT2D eigenvalue weighted by atomic mass is 10.1. The Hall–Kier alpha value is -0.630. The molecular formula is C12H18OS. The van der Waals surface area contributed by atoms with Gasteiger partial charge >= 0.3 is 0 Å². The molecule has 1 nitrogen and oxygen atoms in total. The molecule has 0 amide bonds. The van der Waals surface area contributed by atoms with E-state index < -0.39 is 0 Å². The quantitative estimate of drug-likeness (QED) is 0.705. The van der Waals surface area contributed by atoms with Crippen molar-refractivity contribution in [2.75, 3.05) is 18.6 Å². The zero-order valence-electron chi connectivity index (χ0n) is 9.39. The topological polar surface area (TPSA) is 9.23 Å². The largest absolute Gasteiger partial charge is 0.492 e. The first-order valence-corrected chi connectivity index (χ1v) is 6.24. The minimum Gasteiger partial charge on any atom is -0.492 e. The molecule has 78 valence electrons. The van der Waals surface area contributed by atoms with Gasteiger partial charge in [0.15, 0.2) is 0 Å². The van der Waals surface area contributed by atoms with Gasteiger partial charge in [-0.1, -0.05) is 6.07 Å². The van der Waals surface area contributed by atoms with E-state index in [1.165, 1.54) is 16.7 Å². The highest BCUT2D eigenvalue weighted by atomic mass is 32.2. The van der Waals surface area contributed by atoms with E-state index in [0.29, 0.717) is 0 Å². The van der Waals surface area contributed by atoms with Gasteiger partial charge in [0.1, 0.15) is 5.75 Å². The summed E-state index contributed by atoms with van der Waals surface area (Å²) >= 11 is 1.81. The first-order valence-electron chi connectivity index (χ1n) is 4.84. The van der Waals surface area contributed by atoms with Gasteiger partial charge in [-0.15, -0.1) is 0 Å². The molecule has 1 aromatic carbocycles. The monoisotopic (exact) mass is 210 g/mol. The molecule has 0 aliphatic rings. The Balaban J connectivity index is 2.75. The summed E-state index contributed by atoms with van der Waals surface area (Å²) in [7, 11) is 0. The van der Waals surface area contributed by atoms with Gasteiger partial charge in [-0.25, -0.2) is 0 Å². The summed E-state index contributed by atoms with van der Waals surface area (Å²) < 4.78 is 5.72. The van der Waals surface area contributed by atoms with E-state index in [9.17, 15) is 0 Å². The van der Waals surface area contributed by atoms with Crippen molar-refractivity contribution in [2.45, 2.75) is 20.8 Å². The van der Waals surface area contributed by atoms with Gasteiger partial charge < -0.3 is 4.74 Å². The second-order valence-electron chi connectivity index (χ2n) is 3.55. The molecular weight excluding hydrogens is 192 g/mol. The Morgan fingerprint density at radius 3 is 2.57 bits per heavy atom. The third kappa shape index (κ3) is 2.95. The van der Waals surface area contributed by atoms with E-state index in [0.717, 1.165) is 18.1 Å². The third-order valence-electron chi connectivity index (χ3n) is 2.31. The molecule has 0 aliphatic carbocycles. The molecule has 0 saturated carbocycles. The van der Waals surface area contributed by atoms with Gasteiger partial charge in [0.05, 0.1) is 6.61 Å². The second kappa shape index (κ2) is 5.30. The summed E-state index contributed by atoms with van der Waals surface area (Å²) in [4.78, 5) is 0. The van der Waals surface area contributed by atoms with E-state index in [1.54, 1.807) is 0 Å². The standard InChI is InChI=1S/C12H18OS/c1-9-7-10(2)11(3)12(8-9)13-5-6-14-4/h7-8H,5-6H2,1-4H3. The molecule has 0 saturated heterocycles. The van der Waals surface area contributed by atoms with Crippen LogP contribution in [-0.4, -0.2) is 18.6 Å². The predicted octanol–water partition coefficient (Wildman–Crippen LogP) is 3.35. The smallest absolute Gasteiger partial charge is 0.122 e. The lowest BCUT2D eigenvalue weighted by Crippen LogP contribution is -2.02. The van der Waals surface area contributed by atoms with Crippen molar-refractivity contribution in [3.8, 4) is 5.75 Å². The summed E-state index contributed by atoms with van der Waals surface area (Å²) in [5, 5.41) is 0. The maximum absolute atomic E-state index is 5.72. The lowest BCUT2D eigenvalue weighted by Gasteiger charge is -2.11. The van der Waals surface area contributed by atoms with Crippen molar-refractivity contribution >= 4 is 11.8 Å². The van der Waals surface area contributed by atoms with Crippen LogP contribution < -0.4 is 4.74 Å². The number of rotatable bonds is 4. The highest BCUT2D eigenvalue weighted by Gasteiger charge is 2.03. The summed E-state index contributed by atoms with van der Waals surface area (Å²) in [6.07, 6.45) is 2.09. The normalized spacial score (nSPS) is 10.3. The number of ether oxygens (including phenoxy) is 1. The molecule has 0 bridgehead atoms. The molecule has 0 N–H and O–H groups in total. The fourth-order valence-corrected chi connectivity index (χ4v) is 1.64. The number of hydrogen-bond acceptors (Lipinski definition) is 2. The van der Waals surface area contributed by atoms with Gasteiger partial charge in [-0.2, -0.15) is 11.8 Å². The molecule has 14 heavy (non-hydrogen) atoms. The fraction of sp³-hybridized carbons (Fsp3) is 0.500. The van der Waals surface area contributed by atoms with Crippen LogP contribution in [0, 0.1) is 20.8 Å². The minimum atomic E-state index is 0.797. The van der Waals surface area contributed by atoms with Crippen LogP contribution in [-0.2, 0) is 0 Å². The van der Waals surface area contributed by atoms with Crippen LogP contribution in [0.25, 0.3) is 0 Å².